The van der Waals surface area contributed by atoms with Gasteiger partial charge in [-0.2, -0.15) is 0 Å². The van der Waals surface area contributed by atoms with Crippen LogP contribution in [-0.4, -0.2) is 37.0 Å². The number of carbonyl (C=O) groups excluding carboxylic acids is 1. The van der Waals surface area contributed by atoms with Crippen molar-refractivity contribution in [1.82, 2.24) is 0 Å². The first kappa shape index (κ1) is 44.9. The Morgan fingerprint density at radius 1 is 0.500 bits per heavy atom. The van der Waals surface area contributed by atoms with Crippen molar-refractivity contribution >= 4 is 5.97 Å². The van der Waals surface area contributed by atoms with Gasteiger partial charge in [-0.05, 0) is 64.2 Å². The van der Waals surface area contributed by atoms with Crippen LogP contribution in [0.5, 0.6) is 0 Å². The summed E-state index contributed by atoms with van der Waals surface area (Å²) in [6.07, 6.45) is 48.0. The number of hydrogen-bond donors (Lipinski definition) is 1. The van der Waals surface area contributed by atoms with Crippen LogP contribution < -0.4 is 0 Å². The topological polar surface area (TPSA) is 55.8 Å². The van der Waals surface area contributed by atoms with Gasteiger partial charge in [0.05, 0.1) is 13.2 Å². The molecule has 4 nitrogen and oxygen atoms in total. The summed E-state index contributed by atoms with van der Waals surface area (Å²) in [5, 5.41) is 9.57. The molecule has 0 fully saturated rings. The molecule has 0 saturated carbocycles. The van der Waals surface area contributed by atoms with Crippen LogP contribution in [0.2, 0.25) is 0 Å². The molecule has 1 unspecified atom stereocenters. The van der Waals surface area contributed by atoms with Crippen LogP contribution in [0, 0.1) is 0 Å². The molecule has 272 valence electrons. The lowest BCUT2D eigenvalue weighted by atomic mass is 10.1. The molecule has 1 N–H and O–H groups in total. The lowest BCUT2D eigenvalue weighted by Crippen LogP contribution is -2.27. The fraction of sp³-hybridized carbons (Fsp3) is 0.881. The second-order valence-corrected chi connectivity index (χ2v) is 13.7. The monoisotopic (exact) mass is 649 g/mol. The maximum atomic E-state index is 12.2. The smallest absolute Gasteiger partial charge is 0.306 e. The summed E-state index contributed by atoms with van der Waals surface area (Å²) in [7, 11) is 0. The molecule has 0 rings (SSSR count). The average Bonchev–Trinajstić information content (AvgIpc) is 3.06. The SMILES string of the molecule is CCCCC/C=C\CCCCCCCCOCC(CO)OC(=O)CCCCCCCCCCC/C=C\CCCCCCCCCC. The van der Waals surface area contributed by atoms with E-state index in [1.165, 1.54) is 173 Å². The zero-order chi connectivity index (χ0) is 33.4. The number of unbranched alkanes of at least 4 members (excludes halogenated alkanes) is 26. The van der Waals surface area contributed by atoms with Gasteiger partial charge in [-0.1, -0.05) is 167 Å². The minimum absolute atomic E-state index is 0.172. The van der Waals surface area contributed by atoms with E-state index in [1.807, 2.05) is 0 Å². The molecule has 0 amide bonds. The minimum Gasteiger partial charge on any atom is -0.457 e. The van der Waals surface area contributed by atoms with Crippen LogP contribution in [0.25, 0.3) is 0 Å². The number of rotatable bonds is 38. The van der Waals surface area contributed by atoms with Crippen LogP contribution in [0.15, 0.2) is 24.3 Å². The van der Waals surface area contributed by atoms with E-state index in [-0.39, 0.29) is 12.6 Å². The lowest BCUT2D eigenvalue weighted by molar-refractivity contribution is -0.154. The quantitative estimate of drug-likeness (QED) is 0.0411. The normalized spacial score (nSPS) is 12.5. The Morgan fingerprint density at radius 3 is 1.28 bits per heavy atom. The Hall–Kier alpha value is -1.13. The van der Waals surface area contributed by atoms with Gasteiger partial charge in [0.2, 0.25) is 0 Å². The molecule has 46 heavy (non-hydrogen) atoms. The third-order valence-corrected chi connectivity index (χ3v) is 9.00. The first-order valence-corrected chi connectivity index (χ1v) is 20.4. The number of allylic oxidation sites excluding steroid dienone is 4. The average molecular weight is 649 g/mol. The predicted molar refractivity (Wildman–Crippen MR) is 201 cm³/mol. The predicted octanol–water partition coefficient (Wildman–Crippen LogP) is 13.2. The van der Waals surface area contributed by atoms with E-state index in [9.17, 15) is 9.90 Å². The molecule has 0 aliphatic rings. The van der Waals surface area contributed by atoms with E-state index < -0.39 is 6.10 Å². The van der Waals surface area contributed by atoms with E-state index >= 15 is 0 Å². The number of hydrogen-bond acceptors (Lipinski definition) is 4. The van der Waals surface area contributed by atoms with Crippen LogP contribution >= 0.6 is 0 Å². The molecule has 0 aromatic heterocycles. The molecule has 4 heteroatoms. The molecular formula is C42H80O4. The van der Waals surface area contributed by atoms with Gasteiger partial charge in [0.1, 0.15) is 6.10 Å². The van der Waals surface area contributed by atoms with Crippen molar-refractivity contribution in [2.45, 2.75) is 219 Å². The molecule has 0 bridgehead atoms. The Bertz CT molecular complexity index is 644. The van der Waals surface area contributed by atoms with Crippen LogP contribution in [0.4, 0.5) is 0 Å². The summed E-state index contributed by atoms with van der Waals surface area (Å²) in [6.45, 7) is 5.33. The summed E-state index contributed by atoms with van der Waals surface area (Å²) >= 11 is 0. The zero-order valence-corrected chi connectivity index (χ0v) is 31.1. The van der Waals surface area contributed by atoms with Crippen molar-refractivity contribution in [3.05, 3.63) is 24.3 Å². The molecule has 1 atom stereocenters. The van der Waals surface area contributed by atoms with Gasteiger partial charge in [0.15, 0.2) is 0 Å². The fourth-order valence-electron chi connectivity index (χ4n) is 5.91. The number of ether oxygens (including phenoxy) is 2. The Labute approximate surface area is 288 Å². The van der Waals surface area contributed by atoms with E-state index in [4.69, 9.17) is 9.47 Å². The molecule has 0 spiro atoms. The van der Waals surface area contributed by atoms with Crippen molar-refractivity contribution in [2.24, 2.45) is 0 Å². The largest absolute Gasteiger partial charge is 0.457 e. The summed E-state index contributed by atoms with van der Waals surface area (Å²) in [5.74, 6) is -0.203. The minimum atomic E-state index is -0.534. The summed E-state index contributed by atoms with van der Waals surface area (Å²) in [4.78, 5) is 12.2. The number of carbonyl (C=O) groups is 1. The van der Waals surface area contributed by atoms with E-state index in [0.29, 0.717) is 19.6 Å². The second-order valence-electron chi connectivity index (χ2n) is 13.7. The fourth-order valence-corrected chi connectivity index (χ4v) is 5.91. The molecule has 0 heterocycles. The molecule has 0 radical (unpaired) electrons. The van der Waals surface area contributed by atoms with Gasteiger partial charge in [-0.25, -0.2) is 0 Å². The molecular weight excluding hydrogens is 568 g/mol. The number of esters is 1. The van der Waals surface area contributed by atoms with Gasteiger partial charge >= 0.3 is 5.97 Å². The number of aliphatic hydroxyl groups is 1. The Balaban J connectivity index is 3.41. The summed E-state index contributed by atoms with van der Waals surface area (Å²) < 4.78 is 11.1. The summed E-state index contributed by atoms with van der Waals surface area (Å²) in [6, 6.07) is 0. The van der Waals surface area contributed by atoms with Crippen LogP contribution in [0.1, 0.15) is 213 Å². The lowest BCUT2D eigenvalue weighted by Gasteiger charge is -2.15. The Kier molecular flexibility index (Phi) is 39.1. The highest BCUT2D eigenvalue weighted by molar-refractivity contribution is 5.69. The van der Waals surface area contributed by atoms with Crippen LogP contribution in [-0.2, 0) is 14.3 Å². The van der Waals surface area contributed by atoms with Gasteiger partial charge in [0.25, 0.3) is 0 Å². The second kappa shape index (κ2) is 40.0. The number of aliphatic hydroxyl groups excluding tert-OH is 1. The van der Waals surface area contributed by atoms with E-state index in [2.05, 4.69) is 38.2 Å². The Morgan fingerprint density at radius 2 is 0.848 bits per heavy atom. The first-order chi connectivity index (χ1) is 22.7. The highest BCUT2D eigenvalue weighted by Gasteiger charge is 2.13. The van der Waals surface area contributed by atoms with Crippen molar-refractivity contribution < 1.29 is 19.4 Å². The highest BCUT2D eigenvalue weighted by atomic mass is 16.6. The van der Waals surface area contributed by atoms with Gasteiger partial charge in [0, 0.05) is 13.0 Å². The van der Waals surface area contributed by atoms with E-state index in [0.717, 1.165) is 19.3 Å². The van der Waals surface area contributed by atoms with Gasteiger partial charge in [-0.3, -0.25) is 4.79 Å². The third-order valence-electron chi connectivity index (χ3n) is 9.00. The zero-order valence-electron chi connectivity index (χ0n) is 31.1. The van der Waals surface area contributed by atoms with Gasteiger partial charge < -0.3 is 14.6 Å². The van der Waals surface area contributed by atoms with Crippen molar-refractivity contribution in [2.75, 3.05) is 19.8 Å². The molecule has 0 aliphatic carbocycles. The third kappa shape index (κ3) is 37.3. The van der Waals surface area contributed by atoms with Gasteiger partial charge in [-0.15, -0.1) is 0 Å². The summed E-state index contributed by atoms with van der Waals surface area (Å²) in [5.41, 5.74) is 0. The van der Waals surface area contributed by atoms with Crippen LogP contribution in [0.3, 0.4) is 0 Å². The van der Waals surface area contributed by atoms with Crippen molar-refractivity contribution in [3.63, 3.8) is 0 Å². The maximum absolute atomic E-state index is 12.2. The molecule has 0 aromatic carbocycles. The van der Waals surface area contributed by atoms with Crippen molar-refractivity contribution in [1.29, 1.82) is 0 Å². The van der Waals surface area contributed by atoms with Crippen molar-refractivity contribution in [3.8, 4) is 0 Å². The highest BCUT2D eigenvalue weighted by Crippen LogP contribution is 2.14. The first-order valence-electron chi connectivity index (χ1n) is 20.4. The van der Waals surface area contributed by atoms with E-state index in [1.54, 1.807) is 0 Å². The molecule has 0 saturated heterocycles. The molecule has 0 aromatic rings. The molecule has 0 aliphatic heterocycles. The standard InChI is InChI=1S/C42H80O4/c1-3-5-7-9-11-13-15-17-18-19-20-21-22-23-24-25-27-29-31-33-35-37-42(44)46-41(39-43)40-45-38-36-34-32-30-28-26-16-14-12-10-8-6-4-2/h12,14,19-20,41,43H,3-11,13,15-18,21-40H2,1-2H3/b14-12-,20-19-. The maximum Gasteiger partial charge on any atom is 0.306 e.